The highest BCUT2D eigenvalue weighted by atomic mass is 14.0. The maximum absolute atomic E-state index is 5.73. The molecule has 0 atom stereocenters. The molecular weight excluding hydrogens is 132 g/mol. The zero-order valence-corrected chi connectivity index (χ0v) is 6.12. The molecule has 0 aromatic heterocycles. The lowest BCUT2D eigenvalue weighted by atomic mass is 10.2. The predicted octanol–water partition coefficient (Wildman–Crippen LogP) is 1.06. The summed E-state index contributed by atoms with van der Waals surface area (Å²) < 4.78 is 0. The van der Waals surface area contributed by atoms with E-state index in [0.29, 0.717) is 0 Å². The van der Waals surface area contributed by atoms with E-state index in [4.69, 9.17) is 6.58 Å². The summed E-state index contributed by atoms with van der Waals surface area (Å²) >= 11 is 0. The lowest BCUT2D eigenvalue weighted by Gasteiger charge is -1.83. The van der Waals surface area contributed by atoms with Crippen LogP contribution < -0.4 is 10.4 Å². The fourth-order valence-electron chi connectivity index (χ4n) is 1.24. The van der Waals surface area contributed by atoms with Gasteiger partial charge in [-0.15, -0.1) is 30.4 Å². The second kappa shape index (κ2) is 2.26. The molecule has 1 aromatic rings. The molecule has 2 rings (SSSR count). The molecule has 1 aliphatic carbocycles. The van der Waals surface area contributed by atoms with Crippen LogP contribution in [0.2, 0.25) is 0 Å². The maximum Gasteiger partial charge on any atom is 0.0398 e. The first-order valence-electron chi connectivity index (χ1n) is 3.61. The third kappa shape index (κ3) is 0.938. The lowest BCUT2D eigenvalue weighted by Crippen LogP contribution is -2.19. The first kappa shape index (κ1) is 6.21. The molecule has 0 heterocycles. The highest BCUT2D eigenvalue weighted by Gasteiger charge is 1.91. The minimum atomic E-state index is 0.858. The van der Waals surface area contributed by atoms with Crippen LogP contribution in [-0.4, -0.2) is 0 Å². The van der Waals surface area contributed by atoms with E-state index in [-0.39, 0.29) is 0 Å². The van der Waals surface area contributed by atoms with Crippen molar-refractivity contribution in [2.45, 2.75) is 0 Å². The Morgan fingerprint density at radius 2 is 2.09 bits per heavy atom. The third-order valence-corrected chi connectivity index (χ3v) is 1.83. The van der Waals surface area contributed by atoms with Crippen LogP contribution in [0, 0.1) is 0 Å². The number of allylic oxidation sites excluding steroid dienone is 3. The van der Waals surface area contributed by atoms with E-state index in [9.17, 15) is 0 Å². The van der Waals surface area contributed by atoms with Gasteiger partial charge in [-0.1, -0.05) is 18.7 Å². The average Bonchev–Trinajstić information content (AvgIpc) is 2.25. The summed E-state index contributed by atoms with van der Waals surface area (Å²) in [7, 11) is 0. The zero-order valence-electron chi connectivity index (χ0n) is 6.12. The van der Waals surface area contributed by atoms with Crippen molar-refractivity contribution in [2.24, 2.45) is 0 Å². The van der Waals surface area contributed by atoms with Gasteiger partial charge >= 0.3 is 0 Å². The molecule has 0 heteroatoms. The van der Waals surface area contributed by atoms with Crippen LogP contribution in [0.15, 0.2) is 30.4 Å². The van der Waals surface area contributed by atoms with Gasteiger partial charge < -0.3 is 0 Å². The summed E-state index contributed by atoms with van der Waals surface area (Å²) in [6.45, 7) is 5.73. The molecule has 0 nitrogen and oxygen atoms in total. The van der Waals surface area contributed by atoms with Crippen LogP contribution in [0.3, 0.4) is 0 Å². The quantitative estimate of drug-likeness (QED) is 0.473. The zero-order chi connectivity index (χ0) is 7.68. The van der Waals surface area contributed by atoms with Crippen LogP contribution in [0.1, 0.15) is 5.56 Å². The summed E-state index contributed by atoms with van der Waals surface area (Å²) in [5.41, 5.74) is 1.20. The number of rotatable bonds is 0. The molecule has 0 spiro atoms. The fourth-order valence-corrected chi connectivity index (χ4v) is 1.24. The molecule has 0 radical (unpaired) electrons. The van der Waals surface area contributed by atoms with Crippen molar-refractivity contribution in [3.8, 4) is 0 Å². The van der Waals surface area contributed by atoms with E-state index >= 15 is 0 Å². The largest absolute Gasteiger partial charge is 0.118 e. The van der Waals surface area contributed by atoms with E-state index in [1.54, 1.807) is 0 Å². The topological polar surface area (TPSA) is 0 Å². The average molecular weight is 140 g/mol. The van der Waals surface area contributed by atoms with Gasteiger partial charge in [0.1, 0.15) is 0 Å². The van der Waals surface area contributed by atoms with Crippen molar-refractivity contribution in [3.63, 3.8) is 0 Å². The maximum atomic E-state index is 5.73. The van der Waals surface area contributed by atoms with Gasteiger partial charge in [-0.05, 0) is 10.8 Å². The van der Waals surface area contributed by atoms with Crippen molar-refractivity contribution in [3.05, 3.63) is 46.4 Å². The van der Waals surface area contributed by atoms with Gasteiger partial charge in [0.15, 0.2) is 0 Å². The molecule has 11 heavy (non-hydrogen) atoms. The Kier molecular flexibility index (Phi) is 1.28. The molecule has 0 N–H and O–H groups in total. The fraction of sp³-hybridized carbons (Fsp3) is 0. The van der Waals surface area contributed by atoms with Crippen molar-refractivity contribution in [1.29, 1.82) is 0 Å². The summed E-state index contributed by atoms with van der Waals surface area (Å²) in [6, 6.07) is 3.97. The monoisotopic (exact) mass is 140 g/mol. The summed E-state index contributed by atoms with van der Waals surface area (Å²) in [4.78, 5) is 0. The normalized spacial score (nSPS) is 13.7. The number of fused-ring (bicyclic) bond motifs is 1. The van der Waals surface area contributed by atoms with E-state index in [1.165, 1.54) is 5.56 Å². The van der Waals surface area contributed by atoms with Crippen LogP contribution in [0.5, 0.6) is 0 Å². The van der Waals surface area contributed by atoms with Crippen LogP contribution in [0.25, 0.3) is 18.7 Å². The second-order valence-electron chi connectivity index (χ2n) is 2.57. The highest BCUT2D eigenvalue weighted by molar-refractivity contribution is 5.60. The van der Waals surface area contributed by atoms with Crippen LogP contribution >= 0.6 is 0 Å². The van der Waals surface area contributed by atoms with E-state index in [1.807, 2.05) is 36.4 Å². The van der Waals surface area contributed by atoms with Gasteiger partial charge in [-0.2, -0.15) is 0 Å². The van der Waals surface area contributed by atoms with Crippen molar-refractivity contribution in [1.82, 2.24) is 0 Å². The van der Waals surface area contributed by atoms with Gasteiger partial charge in [0, 0.05) is 5.22 Å². The summed E-state index contributed by atoms with van der Waals surface area (Å²) in [5.74, 6) is 0. The molecular formula is C11H8. The molecule has 0 fully saturated rings. The van der Waals surface area contributed by atoms with Gasteiger partial charge in [-0.25, -0.2) is 0 Å². The van der Waals surface area contributed by atoms with Crippen molar-refractivity contribution in [2.75, 3.05) is 0 Å². The Bertz CT molecular complexity index is 413. The molecule has 0 unspecified atom stereocenters. The smallest absolute Gasteiger partial charge is 0.0398 e. The molecule has 0 saturated carbocycles. The summed E-state index contributed by atoms with van der Waals surface area (Å²) in [5, 5.41) is 1.99. The number of hydrogen-bond donors (Lipinski definition) is 0. The Hall–Kier alpha value is -1.52. The van der Waals surface area contributed by atoms with E-state index in [2.05, 4.69) is 6.08 Å². The summed E-state index contributed by atoms with van der Waals surface area (Å²) in [6.07, 6.45) is 10.1. The molecule has 0 amide bonds. The predicted molar refractivity (Wildman–Crippen MR) is 48.4 cm³/mol. The van der Waals surface area contributed by atoms with Crippen LogP contribution in [0.4, 0.5) is 0 Å². The Morgan fingerprint density at radius 1 is 1.18 bits per heavy atom. The molecule has 52 valence electrons. The minimum absolute atomic E-state index is 0.858. The first-order chi connectivity index (χ1) is 5.38. The SMILES string of the molecule is [CH+]=c1cc[c-]2c1=CC=CC=C2. The molecule has 0 aliphatic heterocycles. The van der Waals surface area contributed by atoms with Gasteiger partial charge in [0.25, 0.3) is 0 Å². The Labute approximate surface area is 65.8 Å². The van der Waals surface area contributed by atoms with E-state index in [0.717, 1.165) is 10.4 Å². The Morgan fingerprint density at radius 3 is 3.00 bits per heavy atom. The van der Waals surface area contributed by atoms with Gasteiger partial charge in [-0.3, -0.25) is 0 Å². The Balaban J connectivity index is 2.88. The van der Waals surface area contributed by atoms with Crippen molar-refractivity contribution < 1.29 is 0 Å². The van der Waals surface area contributed by atoms with Crippen LogP contribution in [-0.2, 0) is 0 Å². The third-order valence-electron chi connectivity index (χ3n) is 1.83. The highest BCUT2D eigenvalue weighted by Crippen LogP contribution is 1.96. The lowest BCUT2D eigenvalue weighted by molar-refractivity contribution is 1.66. The standard InChI is InChI=1S/C11H8/c1-9-7-8-10-5-3-2-4-6-11(9)10/h1-8H. The first-order valence-corrected chi connectivity index (χ1v) is 3.61. The minimum Gasteiger partial charge on any atom is -0.118 e. The molecule has 0 bridgehead atoms. The van der Waals surface area contributed by atoms with Crippen molar-refractivity contribution >= 4 is 18.7 Å². The molecule has 1 aliphatic rings. The second-order valence-corrected chi connectivity index (χ2v) is 2.57. The van der Waals surface area contributed by atoms with E-state index < -0.39 is 0 Å². The molecule has 0 saturated heterocycles. The van der Waals surface area contributed by atoms with Gasteiger partial charge in [0.05, 0.1) is 0 Å². The van der Waals surface area contributed by atoms with Gasteiger partial charge in [0.2, 0.25) is 0 Å². The molecule has 1 aromatic carbocycles. The number of hydrogen-bond acceptors (Lipinski definition) is 0.